The fourth-order valence-corrected chi connectivity index (χ4v) is 1.80. The van der Waals surface area contributed by atoms with E-state index in [0.717, 1.165) is 4.47 Å². The summed E-state index contributed by atoms with van der Waals surface area (Å²) in [5.41, 5.74) is 6.91. The van der Waals surface area contributed by atoms with E-state index in [2.05, 4.69) is 15.9 Å². The molecule has 94 valence electrons. The van der Waals surface area contributed by atoms with Crippen molar-refractivity contribution in [3.8, 4) is 0 Å². The van der Waals surface area contributed by atoms with Gasteiger partial charge in [-0.05, 0) is 41.1 Å². The molecule has 0 bridgehead atoms. The lowest BCUT2D eigenvalue weighted by Crippen LogP contribution is -2.37. The van der Waals surface area contributed by atoms with E-state index in [1.165, 1.54) is 0 Å². The van der Waals surface area contributed by atoms with E-state index in [-0.39, 0.29) is 11.9 Å². The van der Waals surface area contributed by atoms with Crippen LogP contribution in [0, 0.1) is 0 Å². The number of nitrogen functional groups attached to an aromatic ring is 1. The van der Waals surface area contributed by atoms with Gasteiger partial charge < -0.3 is 15.4 Å². The zero-order valence-electron chi connectivity index (χ0n) is 10.2. The van der Waals surface area contributed by atoms with Gasteiger partial charge in [0.15, 0.2) is 0 Å². The van der Waals surface area contributed by atoms with E-state index in [4.69, 9.17) is 10.5 Å². The Morgan fingerprint density at radius 2 is 2.24 bits per heavy atom. The van der Waals surface area contributed by atoms with Crippen LogP contribution in [0.15, 0.2) is 22.7 Å². The lowest BCUT2D eigenvalue weighted by Gasteiger charge is -2.24. The van der Waals surface area contributed by atoms with E-state index in [1.807, 2.05) is 6.92 Å². The van der Waals surface area contributed by atoms with Crippen molar-refractivity contribution in [2.75, 3.05) is 26.5 Å². The summed E-state index contributed by atoms with van der Waals surface area (Å²) in [6, 6.07) is 5.20. The van der Waals surface area contributed by atoms with E-state index < -0.39 is 0 Å². The van der Waals surface area contributed by atoms with Crippen molar-refractivity contribution in [1.29, 1.82) is 0 Å². The molecule has 0 aliphatic carbocycles. The van der Waals surface area contributed by atoms with Gasteiger partial charge in [-0.2, -0.15) is 0 Å². The molecule has 0 fully saturated rings. The van der Waals surface area contributed by atoms with E-state index in [1.54, 1.807) is 37.3 Å². The number of amides is 1. The smallest absolute Gasteiger partial charge is 0.253 e. The molecular weight excluding hydrogens is 284 g/mol. The molecule has 17 heavy (non-hydrogen) atoms. The predicted molar refractivity (Wildman–Crippen MR) is 72.0 cm³/mol. The molecule has 0 radical (unpaired) electrons. The molecule has 1 atom stereocenters. The van der Waals surface area contributed by atoms with Crippen LogP contribution in [0.2, 0.25) is 0 Å². The number of nitrogens with zero attached hydrogens (tertiary/aromatic N) is 1. The van der Waals surface area contributed by atoms with Crippen LogP contribution < -0.4 is 5.73 Å². The van der Waals surface area contributed by atoms with Crippen LogP contribution in [-0.4, -0.2) is 37.6 Å². The summed E-state index contributed by atoms with van der Waals surface area (Å²) in [6.45, 7) is 2.45. The van der Waals surface area contributed by atoms with Crippen LogP contribution in [0.1, 0.15) is 17.3 Å². The van der Waals surface area contributed by atoms with Gasteiger partial charge in [0.25, 0.3) is 5.91 Å². The highest BCUT2D eigenvalue weighted by atomic mass is 79.9. The summed E-state index contributed by atoms with van der Waals surface area (Å²) in [6.07, 6.45) is 0. The van der Waals surface area contributed by atoms with E-state index >= 15 is 0 Å². The van der Waals surface area contributed by atoms with Crippen molar-refractivity contribution in [3.05, 3.63) is 28.2 Å². The molecule has 0 aliphatic rings. The fraction of sp³-hybridized carbons (Fsp3) is 0.417. The Bertz CT molecular complexity index is 409. The third-order valence-electron chi connectivity index (χ3n) is 2.64. The first-order valence-electron chi connectivity index (χ1n) is 5.28. The van der Waals surface area contributed by atoms with Gasteiger partial charge in [0.2, 0.25) is 0 Å². The van der Waals surface area contributed by atoms with Gasteiger partial charge in [0, 0.05) is 29.9 Å². The summed E-state index contributed by atoms with van der Waals surface area (Å²) in [5, 5.41) is 0. The number of hydrogen-bond acceptors (Lipinski definition) is 3. The first-order chi connectivity index (χ1) is 7.97. The molecule has 4 nitrogen and oxygen atoms in total. The van der Waals surface area contributed by atoms with Crippen LogP contribution in [0.3, 0.4) is 0 Å². The Balaban J connectivity index is 2.85. The molecule has 0 heterocycles. The first kappa shape index (κ1) is 14.0. The number of hydrogen-bond donors (Lipinski definition) is 1. The SMILES string of the molecule is COCC(C)N(C)C(=O)c1ccc(N)c(Br)c1. The van der Waals surface area contributed by atoms with Gasteiger partial charge in [-0.3, -0.25) is 4.79 Å². The Morgan fingerprint density at radius 1 is 1.59 bits per heavy atom. The van der Waals surface area contributed by atoms with Gasteiger partial charge >= 0.3 is 0 Å². The average molecular weight is 301 g/mol. The average Bonchev–Trinajstić information content (AvgIpc) is 2.31. The number of methoxy groups -OCH3 is 1. The molecule has 5 heteroatoms. The number of anilines is 1. The number of benzene rings is 1. The van der Waals surface area contributed by atoms with Crippen molar-refractivity contribution in [2.45, 2.75) is 13.0 Å². The van der Waals surface area contributed by atoms with Crippen molar-refractivity contribution in [2.24, 2.45) is 0 Å². The molecule has 2 N–H and O–H groups in total. The summed E-state index contributed by atoms with van der Waals surface area (Å²) in [5.74, 6) is -0.0461. The van der Waals surface area contributed by atoms with Gasteiger partial charge in [0.1, 0.15) is 0 Å². The van der Waals surface area contributed by atoms with Gasteiger partial charge in [0.05, 0.1) is 12.6 Å². The number of likely N-dealkylation sites (N-methyl/N-ethyl adjacent to an activating group) is 1. The zero-order valence-corrected chi connectivity index (χ0v) is 11.8. The maximum Gasteiger partial charge on any atom is 0.253 e. The molecule has 1 unspecified atom stereocenters. The van der Waals surface area contributed by atoms with Crippen molar-refractivity contribution < 1.29 is 9.53 Å². The standard InChI is InChI=1S/C12H17BrN2O2/c1-8(7-17-3)15(2)12(16)9-4-5-11(14)10(13)6-9/h4-6,8H,7,14H2,1-3H3. The first-order valence-corrected chi connectivity index (χ1v) is 6.07. The molecule has 1 aromatic carbocycles. The molecule has 1 aromatic rings. The second-order valence-electron chi connectivity index (χ2n) is 3.96. The number of rotatable bonds is 4. The fourth-order valence-electron chi connectivity index (χ4n) is 1.42. The Labute approximate surface area is 110 Å². The van der Waals surface area contributed by atoms with Crippen LogP contribution in [0.4, 0.5) is 5.69 Å². The quantitative estimate of drug-likeness (QED) is 0.867. The van der Waals surface area contributed by atoms with Crippen LogP contribution in [-0.2, 0) is 4.74 Å². The molecule has 1 amide bonds. The maximum atomic E-state index is 12.1. The number of carbonyl (C=O) groups is 1. The predicted octanol–water partition coefficient (Wildman–Crippen LogP) is 2.14. The highest BCUT2D eigenvalue weighted by Gasteiger charge is 2.17. The molecule has 0 aliphatic heterocycles. The third kappa shape index (κ3) is 3.44. The number of ether oxygens (including phenoxy) is 1. The normalized spacial score (nSPS) is 12.2. The second-order valence-corrected chi connectivity index (χ2v) is 4.81. The minimum Gasteiger partial charge on any atom is -0.398 e. The molecule has 0 aromatic heterocycles. The molecule has 1 rings (SSSR count). The maximum absolute atomic E-state index is 12.1. The zero-order chi connectivity index (χ0) is 13.0. The van der Waals surface area contributed by atoms with Gasteiger partial charge in [-0.25, -0.2) is 0 Å². The van der Waals surface area contributed by atoms with Crippen molar-refractivity contribution in [1.82, 2.24) is 4.90 Å². The summed E-state index contributed by atoms with van der Waals surface area (Å²) >= 11 is 3.31. The Hall–Kier alpha value is -1.07. The lowest BCUT2D eigenvalue weighted by molar-refractivity contribution is 0.0633. The minimum atomic E-state index is -0.0461. The highest BCUT2D eigenvalue weighted by molar-refractivity contribution is 9.10. The van der Waals surface area contributed by atoms with Crippen molar-refractivity contribution >= 4 is 27.5 Å². The topological polar surface area (TPSA) is 55.6 Å². The van der Waals surface area contributed by atoms with Crippen LogP contribution >= 0.6 is 15.9 Å². The molecule has 0 saturated carbocycles. The monoisotopic (exact) mass is 300 g/mol. The number of carbonyl (C=O) groups excluding carboxylic acids is 1. The summed E-state index contributed by atoms with van der Waals surface area (Å²) in [4.78, 5) is 13.8. The third-order valence-corrected chi connectivity index (χ3v) is 3.32. The molecule has 0 spiro atoms. The molecule has 0 saturated heterocycles. The Kier molecular flexibility index (Phi) is 4.96. The van der Waals surface area contributed by atoms with Crippen LogP contribution in [0.25, 0.3) is 0 Å². The second kappa shape index (κ2) is 6.02. The van der Waals surface area contributed by atoms with Crippen LogP contribution in [0.5, 0.6) is 0 Å². The summed E-state index contributed by atoms with van der Waals surface area (Å²) < 4.78 is 5.76. The number of nitrogens with two attached hydrogens (primary N) is 1. The number of halogens is 1. The van der Waals surface area contributed by atoms with E-state index in [0.29, 0.717) is 17.9 Å². The summed E-state index contributed by atoms with van der Waals surface area (Å²) in [7, 11) is 3.38. The highest BCUT2D eigenvalue weighted by Crippen LogP contribution is 2.21. The molecular formula is C12H17BrN2O2. The van der Waals surface area contributed by atoms with Gasteiger partial charge in [-0.15, -0.1) is 0 Å². The Morgan fingerprint density at radius 3 is 2.76 bits per heavy atom. The lowest BCUT2D eigenvalue weighted by atomic mass is 10.1. The largest absolute Gasteiger partial charge is 0.398 e. The van der Waals surface area contributed by atoms with Gasteiger partial charge in [-0.1, -0.05) is 0 Å². The van der Waals surface area contributed by atoms with E-state index in [9.17, 15) is 4.79 Å². The van der Waals surface area contributed by atoms with Crippen molar-refractivity contribution in [3.63, 3.8) is 0 Å². The minimum absolute atomic E-state index is 0.0313.